The van der Waals surface area contributed by atoms with E-state index in [1.165, 1.54) is 6.92 Å². The standard InChI is InChI=1S/C6H10N4O2/c1-5(11)2-3-8-6(12)4-9-10-7/h2-4H2,1H3,(H,8,12). The lowest BCUT2D eigenvalue weighted by molar-refractivity contribution is -0.120. The quantitative estimate of drug-likeness (QED) is 0.367. The lowest BCUT2D eigenvalue weighted by Crippen LogP contribution is -2.27. The van der Waals surface area contributed by atoms with Crippen LogP contribution < -0.4 is 5.32 Å². The smallest absolute Gasteiger partial charge is 0.225 e. The van der Waals surface area contributed by atoms with Crippen LogP contribution in [0.25, 0.3) is 10.4 Å². The monoisotopic (exact) mass is 170 g/mol. The second kappa shape index (κ2) is 6.18. The third-order valence-corrected chi connectivity index (χ3v) is 1.08. The predicted octanol–water partition coefficient (Wildman–Crippen LogP) is 0.392. The van der Waals surface area contributed by atoms with Crippen LogP contribution in [-0.4, -0.2) is 24.8 Å². The highest BCUT2D eigenvalue weighted by atomic mass is 16.2. The summed E-state index contributed by atoms with van der Waals surface area (Å²) in [6.45, 7) is 1.53. The van der Waals surface area contributed by atoms with Gasteiger partial charge in [-0.3, -0.25) is 9.59 Å². The van der Waals surface area contributed by atoms with E-state index >= 15 is 0 Å². The summed E-state index contributed by atoms with van der Waals surface area (Å²) >= 11 is 0. The number of amides is 1. The van der Waals surface area contributed by atoms with Crippen molar-refractivity contribution < 1.29 is 9.59 Å². The summed E-state index contributed by atoms with van der Waals surface area (Å²) in [6, 6.07) is 0. The highest BCUT2D eigenvalue weighted by Crippen LogP contribution is 1.79. The van der Waals surface area contributed by atoms with Gasteiger partial charge in [0.1, 0.15) is 12.3 Å². The zero-order valence-electron chi connectivity index (χ0n) is 6.78. The number of carbonyl (C=O) groups is 2. The summed E-state index contributed by atoms with van der Waals surface area (Å²) in [4.78, 5) is 23.5. The van der Waals surface area contributed by atoms with Crippen LogP contribution in [-0.2, 0) is 9.59 Å². The summed E-state index contributed by atoms with van der Waals surface area (Å²) < 4.78 is 0. The Morgan fingerprint density at radius 2 is 2.25 bits per heavy atom. The van der Waals surface area contributed by atoms with Crippen LogP contribution in [0.15, 0.2) is 5.11 Å². The molecule has 0 aliphatic rings. The third kappa shape index (κ3) is 6.57. The molecule has 0 aromatic rings. The van der Waals surface area contributed by atoms with Crippen molar-refractivity contribution in [3.8, 4) is 0 Å². The summed E-state index contributed by atoms with van der Waals surface area (Å²) in [5.74, 6) is -0.354. The summed E-state index contributed by atoms with van der Waals surface area (Å²) in [5, 5.41) is 5.48. The van der Waals surface area contributed by atoms with Gasteiger partial charge in [0, 0.05) is 17.9 Å². The van der Waals surface area contributed by atoms with Crippen LogP contribution in [0.4, 0.5) is 0 Å². The molecule has 0 rings (SSSR count). The minimum absolute atomic E-state index is 0.0130. The molecule has 6 nitrogen and oxygen atoms in total. The number of hydrogen-bond donors (Lipinski definition) is 1. The maximum atomic E-state index is 10.7. The van der Waals surface area contributed by atoms with Crippen LogP contribution in [0.5, 0.6) is 0 Å². The Balaban J connectivity index is 3.44. The van der Waals surface area contributed by atoms with Gasteiger partial charge in [-0.2, -0.15) is 0 Å². The van der Waals surface area contributed by atoms with Gasteiger partial charge in [-0.05, 0) is 12.5 Å². The van der Waals surface area contributed by atoms with Crippen molar-refractivity contribution in [2.24, 2.45) is 5.11 Å². The minimum atomic E-state index is -0.367. The molecule has 6 heteroatoms. The van der Waals surface area contributed by atoms with Crippen molar-refractivity contribution >= 4 is 11.7 Å². The fourth-order valence-electron chi connectivity index (χ4n) is 0.530. The Morgan fingerprint density at radius 1 is 1.58 bits per heavy atom. The maximum Gasteiger partial charge on any atom is 0.225 e. The van der Waals surface area contributed by atoms with Gasteiger partial charge < -0.3 is 5.32 Å². The van der Waals surface area contributed by atoms with Crippen molar-refractivity contribution in [2.45, 2.75) is 13.3 Å². The molecule has 1 N–H and O–H groups in total. The van der Waals surface area contributed by atoms with E-state index in [9.17, 15) is 9.59 Å². The van der Waals surface area contributed by atoms with Gasteiger partial charge >= 0.3 is 0 Å². The van der Waals surface area contributed by atoms with E-state index in [4.69, 9.17) is 5.53 Å². The van der Waals surface area contributed by atoms with Crippen molar-refractivity contribution in [3.63, 3.8) is 0 Å². The van der Waals surface area contributed by atoms with Gasteiger partial charge in [0.2, 0.25) is 5.91 Å². The Labute approximate surface area is 69.6 Å². The highest BCUT2D eigenvalue weighted by Gasteiger charge is 1.98. The first kappa shape index (κ1) is 10.4. The van der Waals surface area contributed by atoms with E-state index in [0.717, 1.165) is 0 Å². The van der Waals surface area contributed by atoms with Gasteiger partial charge in [-0.15, -0.1) is 0 Å². The maximum absolute atomic E-state index is 10.7. The molecule has 0 heterocycles. The lowest BCUT2D eigenvalue weighted by Gasteiger charge is -1.99. The molecule has 0 saturated heterocycles. The molecule has 66 valence electrons. The van der Waals surface area contributed by atoms with E-state index in [0.29, 0.717) is 13.0 Å². The summed E-state index contributed by atoms with van der Waals surface area (Å²) in [5.41, 5.74) is 7.85. The molecular weight excluding hydrogens is 160 g/mol. The molecule has 0 atom stereocenters. The van der Waals surface area contributed by atoms with Crippen molar-refractivity contribution in [1.29, 1.82) is 0 Å². The summed E-state index contributed by atoms with van der Waals surface area (Å²) in [7, 11) is 0. The zero-order chi connectivity index (χ0) is 9.40. The molecule has 0 bridgehead atoms. The molecule has 0 aromatic heterocycles. The first-order valence-corrected chi connectivity index (χ1v) is 3.44. The first-order valence-electron chi connectivity index (χ1n) is 3.44. The van der Waals surface area contributed by atoms with Gasteiger partial charge in [-0.1, -0.05) is 5.11 Å². The minimum Gasteiger partial charge on any atom is -0.356 e. The van der Waals surface area contributed by atoms with E-state index in [2.05, 4.69) is 15.3 Å². The number of carbonyl (C=O) groups excluding carboxylic acids is 2. The molecule has 1 amide bonds. The van der Waals surface area contributed by atoms with Crippen LogP contribution >= 0.6 is 0 Å². The fraction of sp³-hybridized carbons (Fsp3) is 0.667. The van der Waals surface area contributed by atoms with E-state index in [-0.39, 0.29) is 18.2 Å². The van der Waals surface area contributed by atoms with E-state index < -0.39 is 0 Å². The van der Waals surface area contributed by atoms with Gasteiger partial charge in [0.25, 0.3) is 0 Å². The number of nitrogens with zero attached hydrogens (tertiary/aromatic N) is 3. The zero-order valence-corrected chi connectivity index (χ0v) is 6.78. The van der Waals surface area contributed by atoms with Crippen molar-refractivity contribution in [3.05, 3.63) is 10.4 Å². The van der Waals surface area contributed by atoms with Gasteiger partial charge in [0.15, 0.2) is 0 Å². The molecule has 0 unspecified atom stereocenters. The molecule has 0 radical (unpaired) electrons. The lowest BCUT2D eigenvalue weighted by atomic mass is 10.3. The topological polar surface area (TPSA) is 94.9 Å². The third-order valence-electron chi connectivity index (χ3n) is 1.08. The molecule has 0 aromatic carbocycles. The van der Waals surface area contributed by atoms with Crippen LogP contribution in [0.3, 0.4) is 0 Å². The number of hydrogen-bond acceptors (Lipinski definition) is 3. The second-order valence-corrected chi connectivity index (χ2v) is 2.19. The number of azide groups is 1. The number of rotatable bonds is 5. The Hall–Kier alpha value is -1.55. The largest absolute Gasteiger partial charge is 0.356 e. The average molecular weight is 170 g/mol. The predicted molar refractivity (Wildman–Crippen MR) is 42.3 cm³/mol. The van der Waals surface area contributed by atoms with E-state index in [1.54, 1.807) is 0 Å². The first-order chi connectivity index (χ1) is 5.66. The second-order valence-electron chi connectivity index (χ2n) is 2.19. The number of ketones is 1. The van der Waals surface area contributed by atoms with Crippen molar-refractivity contribution in [1.82, 2.24) is 5.32 Å². The Kier molecular flexibility index (Phi) is 5.38. The Bertz CT molecular complexity index is 220. The average Bonchev–Trinajstić information content (AvgIpc) is 2.00. The molecule has 12 heavy (non-hydrogen) atoms. The van der Waals surface area contributed by atoms with Gasteiger partial charge in [-0.25, -0.2) is 0 Å². The van der Waals surface area contributed by atoms with E-state index in [1.807, 2.05) is 0 Å². The number of nitrogens with one attached hydrogen (secondary N) is 1. The summed E-state index contributed by atoms with van der Waals surface area (Å²) in [6.07, 6.45) is 0.308. The molecule has 0 fully saturated rings. The van der Waals surface area contributed by atoms with Crippen LogP contribution in [0.1, 0.15) is 13.3 Å². The molecular formula is C6H10N4O2. The highest BCUT2D eigenvalue weighted by molar-refractivity contribution is 5.79. The molecule has 0 aliphatic heterocycles. The number of Topliss-reactive ketones (excluding diaryl/α,β-unsaturated/α-hetero) is 1. The molecule has 0 saturated carbocycles. The van der Waals surface area contributed by atoms with Crippen LogP contribution in [0.2, 0.25) is 0 Å². The molecule has 0 aliphatic carbocycles. The van der Waals surface area contributed by atoms with Gasteiger partial charge in [0.05, 0.1) is 0 Å². The van der Waals surface area contributed by atoms with Crippen LogP contribution in [0, 0.1) is 0 Å². The van der Waals surface area contributed by atoms with Crippen molar-refractivity contribution in [2.75, 3.05) is 13.1 Å². The SMILES string of the molecule is CC(=O)CCNC(=O)CN=[N+]=[N-]. The normalized spacial score (nSPS) is 8.42. The molecule has 0 spiro atoms. The Morgan fingerprint density at radius 3 is 2.75 bits per heavy atom. The fourth-order valence-corrected chi connectivity index (χ4v) is 0.530.